The summed E-state index contributed by atoms with van der Waals surface area (Å²) in [5.74, 6) is 0.0825. The lowest BCUT2D eigenvalue weighted by Gasteiger charge is -2.19. The van der Waals surface area contributed by atoms with E-state index in [1.54, 1.807) is 25.5 Å². The van der Waals surface area contributed by atoms with Crippen LogP contribution >= 0.6 is 0 Å². The quantitative estimate of drug-likeness (QED) is 0.798. The Morgan fingerprint density at radius 1 is 1.35 bits per heavy atom. The zero-order valence-electron chi connectivity index (χ0n) is 14.1. The summed E-state index contributed by atoms with van der Waals surface area (Å²) in [7, 11) is 1.31. The van der Waals surface area contributed by atoms with Crippen LogP contribution in [0.3, 0.4) is 0 Å². The van der Waals surface area contributed by atoms with E-state index >= 15 is 0 Å². The average Bonchev–Trinajstić information content (AvgIpc) is 3.17. The summed E-state index contributed by atoms with van der Waals surface area (Å²) in [6.07, 6.45) is 2.29. The van der Waals surface area contributed by atoms with Crippen molar-refractivity contribution >= 4 is 12.1 Å². The minimum absolute atomic E-state index is 0.208. The van der Waals surface area contributed by atoms with E-state index in [2.05, 4.69) is 15.6 Å². The zero-order chi connectivity index (χ0) is 17.0. The van der Waals surface area contributed by atoms with Crippen molar-refractivity contribution in [1.82, 2.24) is 20.3 Å². The molecule has 1 aliphatic rings. The van der Waals surface area contributed by atoms with Crippen LogP contribution in [0.25, 0.3) is 0 Å². The van der Waals surface area contributed by atoms with Gasteiger partial charge in [0.05, 0.1) is 12.8 Å². The van der Waals surface area contributed by atoms with E-state index < -0.39 is 17.7 Å². The first-order valence-corrected chi connectivity index (χ1v) is 7.77. The Balaban J connectivity index is 1.97. The Labute approximate surface area is 135 Å². The van der Waals surface area contributed by atoms with Gasteiger partial charge in [0.15, 0.2) is 5.69 Å². The maximum atomic E-state index is 11.8. The molecule has 0 bridgehead atoms. The van der Waals surface area contributed by atoms with Gasteiger partial charge in [-0.15, -0.1) is 5.10 Å². The molecule has 1 fully saturated rings. The molecule has 1 aromatic rings. The molecular formula is C15H24N4O4. The average molecular weight is 324 g/mol. The van der Waals surface area contributed by atoms with Crippen molar-refractivity contribution in [1.29, 1.82) is 0 Å². The summed E-state index contributed by atoms with van der Waals surface area (Å²) in [5.41, 5.74) is 0.343. The third-order valence-corrected chi connectivity index (χ3v) is 3.37. The first-order valence-electron chi connectivity index (χ1n) is 7.77. The lowest BCUT2D eigenvalue weighted by molar-refractivity contribution is 0.0528. The zero-order valence-corrected chi connectivity index (χ0v) is 14.1. The number of ether oxygens (including phenoxy) is 2. The fourth-order valence-corrected chi connectivity index (χ4v) is 2.12. The highest BCUT2D eigenvalue weighted by atomic mass is 16.6. The Hall–Kier alpha value is -2.12. The van der Waals surface area contributed by atoms with Gasteiger partial charge >= 0.3 is 12.1 Å². The first kappa shape index (κ1) is 17.2. The van der Waals surface area contributed by atoms with E-state index in [4.69, 9.17) is 9.47 Å². The third-order valence-electron chi connectivity index (χ3n) is 3.37. The molecule has 0 aliphatic heterocycles. The van der Waals surface area contributed by atoms with Gasteiger partial charge in [-0.1, -0.05) is 5.21 Å². The second kappa shape index (κ2) is 6.97. The van der Waals surface area contributed by atoms with Crippen LogP contribution in [0, 0.1) is 5.92 Å². The van der Waals surface area contributed by atoms with Crippen LogP contribution in [-0.2, 0) is 22.4 Å². The molecule has 8 nitrogen and oxygen atoms in total. The van der Waals surface area contributed by atoms with E-state index in [9.17, 15) is 9.59 Å². The number of hydrogen-bond acceptors (Lipinski definition) is 6. The number of carbonyl (C=O) groups excluding carboxylic acids is 2. The molecule has 8 heteroatoms. The van der Waals surface area contributed by atoms with Crippen molar-refractivity contribution in [3.05, 3.63) is 11.4 Å². The summed E-state index contributed by atoms with van der Waals surface area (Å²) < 4.78 is 11.7. The van der Waals surface area contributed by atoms with Crippen molar-refractivity contribution in [3.63, 3.8) is 0 Å². The number of amides is 1. The van der Waals surface area contributed by atoms with Crippen LogP contribution in [0.5, 0.6) is 0 Å². The van der Waals surface area contributed by atoms with Gasteiger partial charge in [0, 0.05) is 19.5 Å². The number of esters is 1. The van der Waals surface area contributed by atoms with Crippen molar-refractivity contribution in [2.75, 3.05) is 13.7 Å². The number of carbonyl (C=O) groups is 2. The van der Waals surface area contributed by atoms with Crippen LogP contribution in [0.4, 0.5) is 4.79 Å². The van der Waals surface area contributed by atoms with E-state index in [-0.39, 0.29) is 5.69 Å². The highest BCUT2D eigenvalue weighted by Crippen LogP contribution is 2.30. The largest absolute Gasteiger partial charge is 0.464 e. The number of aromatic nitrogens is 3. The molecule has 128 valence electrons. The highest BCUT2D eigenvalue weighted by molar-refractivity contribution is 5.88. The number of hydrogen-bond donors (Lipinski definition) is 1. The summed E-state index contributed by atoms with van der Waals surface area (Å²) in [4.78, 5) is 23.5. The molecule has 0 aromatic carbocycles. The molecule has 23 heavy (non-hydrogen) atoms. The number of nitrogens with zero attached hydrogens (tertiary/aromatic N) is 3. The predicted octanol–water partition coefficient (Wildman–Crippen LogP) is 1.54. The van der Waals surface area contributed by atoms with Crippen LogP contribution in [0.2, 0.25) is 0 Å². The van der Waals surface area contributed by atoms with Gasteiger partial charge in [-0.25, -0.2) is 14.3 Å². The molecule has 0 atom stereocenters. The fourth-order valence-electron chi connectivity index (χ4n) is 2.12. The van der Waals surface area contributed by atoms with Crippen molar-refractivity contribution < 1.29 is 19.1 Å². The molecule has 1 aliphatic carbocycles. The number of nitrogens with one attached hydrogen (secondary N) is 1. The van der Waals surface area contributed by atoms with Crippen LogP contribution in [0.1, 0.15) is 49.8 Å². The molecule has 1 heterocycles. The molecule has 0 spiro atoms. The minimum atomic E-state index is -0.545. The summed E-state index contributed by atoms with van der Waals surface area (Å²) >= 11 is 0. The van der Waals surface area contributed by atoms with Crippen LogP contribution in [-0.4, -0.2) is 46.3 Å². The monoisotopic (exact) mass is 324 g/mol. The van der Waals surface area contributed by atoms with Crippen LogP contribution in [0.15, 0.2) is 0 Å². The van der Waals surface area contributed by atoms with Crippen molar-refractivity contribution in [2.24, 2.45) is 5.92 Å². The maximum Gasteiger partial charge on any atom is 0.407 e. The number of methoxy groups -OCH3 is 1. The predicted molar refractivity (Wildman–Crippen MR) is 82.0 cm³/mol. The van der Waals surface area contributed by atoms with Gasteiger partial charge in [-0.05, 0) is 39.5 Å². The van der Waals surface area contributed by atoms with Crippen LogP contribution < -0.4 is 5.32 Å². The van der Waals surface area contributed by atoms with E-state index in [1.807, 2.05) is 0 Å². The van der Waals surface area contributed by atoms with Crippen molar-refractivity contribution in [2.45, 2.75) is 52.2 Å². The molecule has 1 aromatic heterocycles. The Kier molecular flexibility index (Phi) is 5.23. The highest BCUT2D eigenvalue weighted by Gasteiger charge is 2.26. The van der Waals surface area contributed by atoms with Gasteiger partial charge in [-0.2, -0.15) is 0 Å². The molecule has 1 N–H and O–H groups in total. The van der Waals surface area contributed by atoms with Gasteiger partial charge in [0.25, 0.3) is 0 Å². The Bertz CT molecular complexity index is 573. The van der Waals surface area contributed by atoms with E-state index in [0.29, 0.717) is 24.6 Å². The number of rotatable bonds is 6. The maximum absolute atomic E-state index is 11.8. The standard InChI is InChI=1S/C15H24N4O4/c1-15(2,3)23-14(21)16-8-7-11-12(13(20)22-4)17-18-19(11)9-10-5-6-10/h10H,5-9H2,1-4H3,(H,16,21). The first-order chi connectivity index (χ1) is 10.8. The molecule has 1 amide bonds. The normalized spacial score (nSPS) is 14.4. The van der Waals surface area contributed by atoms with Crippen molar-refractivity contribution in [3.8, 4) is 0 Å². The molecule has 0 unspecified atom stereocenters. The summed E-state index contributed by atoms with van der Waals surface area (Å²) in [5, 5.41) is 10.6. The topological polar surface area (TPSA) is 95.3 Å². The molecule has 2 rings (SSSR count). The Morgan fingerprint density at radius 2 is 2.04 bits per heavy atom. The second-order valence-electron chi connectivity index (χ2n) is 6.68. The molecular weight excluding hydrogens is 300 g/mol. The fraction of sp³-hybridized carbons (Fsp3) is 0.733. The lowest BCUT2D eigenvalue weighted by Crippen LogP contribution is -2.34. The number of alkyl carbamates (subject to hydrolysis) is 1. The molecule has 0 radical (unpaired) electrons. The van der Waals surface area contributed by atoms with E-state index in [1.165, 1.54) is 20.0 Å². The van der Waals surface area contributed by atoms with Gasteiger partial charge < -0.3 is 14.8 Å². The lowest BCUT2D eigenvalue weighted by atomic mass is 10.2. The van der Waals surface area contributed by atoms with Gasteiger partial charge in [0.1, 0.15) is 5.60 Å². The van der Waals surface area contributed by atoms with Gasteiger partial charge in [0.2, 0.25) is 0 Å². The smallest absolute Gasteiger partial charge is 0.407 e. The Morgan fingerprint density at radius 3 is 2.61 bits per heavy atom. The summed E-state index contributed by atoms with van der Waals surface area (Å²) in [6, 6.07) is 0. The van der Waals surface area contributed by atoms with Gasteiger partial charge in [-0.3, -0.25) is 0 Å². The minimum Gasteiger partial charge on any atom is -0.464 e. The second-order valence-corrected chi connectivity index (χ2v) is 6.68. The summed E-state index contributed by atoms with van der Waals surface area (Å²) in [6.45, 7) is 6.48. The third kappa shape index (κ3) is 5.22. The SMILES string of the molecule is COC(=O)c1nnn(CC2CC2)c1CCNC(=O)OC(C)(C)C. The van der Waals surface area contributed by atoms with E-state index in [0.717, 1.165) is 6.54 Å². The molecule has 1 saturated carbocycles. The molecule has 0 saturated heterocycles.